The Morgan fingerprint density at radius 3 is 2.95 bits per heavy atom. The minimum absolute atomic E-state index is 0.205. The third-order valence-corrected chi connectivity index (χ3v) is 3.39. The van der Waals surface area contributed by atoms with Crippen molar-refractivity contribution in [3.8, 4) is 23.7 Å². The Hall–Kier alpha value is -2.19. The van der Waals surface area contributed by atoms with Crippen molar-refractivity contribution in [1.29, 1.82) is 0 Å². The first-order valence-electron chi connectivity index (χ1n) is 6.10. The lowest BCUT2D eigenvalue weighted by molar-refractivity contribution is 0.000916. The Bertz CT molecular complexity index is 651. The van der Waals surface area contributed by atoms with Crippen LogP contribution in [-0.4, -0.2) is 20.2 Å². The summed E-state index contributed by atoms with van der Waals surface area (Å²) < 4.78 is 5.17. The number of nitrogens with zero attached hydrogens (tertiary/aromatic N) is 3. The highest BCUT2D eigenvalue weighted by Gasteiger charge is 2.45. The molecule has 1 fully saturated rings. The molecule has 1 aliphatic rings. The van der Waals surface area contributed by atoms with Crippen molar-refractivity contribution < 1.29 is 9.63 Å². The summed E-state index contributed by atoms with van der Waals surface area (Å²) >= 11 is 0. The van der Waals surface area contributed by atoms with E-state index in [1.807, 2.05) is 0 Å². The summed E-state index contributed by atoms with van der Waals surface area (Å²) in [6, 6.07) is 1.76. The molecule has 1 atom stereocenters. The van der Waals surface area contributed by atoms with Crippen LogP contribution in [0.4, 0.5) is 0 Å². The van der Waals surface area contributed by atoms with Gasteiger partial charge >= 0.3 is 0 Å². The topological polar surface area (TPSA) is 72.0 Å². The molecule has 0 amide bonds. The lowest BCUT2D eigenvalue weighted by Gasteiger charge is -2.16. The van der Waals surface area contributed by atoms with Crippen molar-refractivity contribution in [2.75, 3.05) is 0 Å². The second-order valence-corrected chi connectivity index (χ2v) is 4.95. The molecule has 19 heavy (non-hydrogen) atoms. The van der Waals surface area contributed by atoms with Crippen molar-refractivity contribution in [1.82, 2.24) is 15.1 Å². The van der Waals surface area contributed by atoms with Crippen LogP contribution in [0.25, 0.3) is 11.4 Å². The molecule has 0 saturated heterocycles. The van der Waals surface area contributed by atoms with Crippen molar-refractivity contribution in [3.63, 3.8) is 0 Å². The highest BCUT2D eigenvalue weighted by atomic mass is 16.5. The van der Waals surface area contributed by atoms with Gasteiger partial charge in [-0.2, -0.15) is 4.98 Å². The molecule has 2 heterocycles. The van der Waals surface area contributed by atoms with E-state index >= 15 is 0 Å². The zero-order valence-corrected chi connectivity index (χ0v) is 10.5. The predicted octanol–water partition coefficient (Wildman–Crippen LogP) is 1.73. The van der Waals surface area contributed by atoms with Crippen LogP contribution in [0.2, 0.25) is 0 Å². The molecule has 0 bridgehead atoms. The lowest BCUT2D eigenvalue weighted by Crippen LogP contribution is -2.24. The average Bonchev–Trinajstić information content (AvgIpc) is 3.17. The van der Waals surface area contributed by atoms with Gasteiger partial charge in [-0.15, -0.1) is 6.42 Å². The van der Waals surface area contributed by atoms with Crippen LogP contribution in [0.1, 0.15) is 31.2 Å². The number of hydrogen-bond acceptors (Lipinski definition) is 5. The maximum absolute atomic E-state index is 10.3. The molecule has 0 aromatic carbocycles. The van der Waals surface area contributed by atoms with Gasteiger partial charge in [-0.25, -0.2) is 0 Å². The van der Waals surface area contributed by atoms with Crippen LogP contribution in [0.15, 0.2) is 23.0 Å². The molecule has 2 aromatic rings. The maximum Gasteiger partial charge on any atom is 0.258 e. The van der Waals surface area contributed by atoms with Gasteiger partial charge in [0.05, 0.1) is 0 Å². The Kier molecular flexibility index (Phi) is 2.61. The van der Waals surface area contributed by atoms with Crippen molar-refractivity contribution in [3.05, 3.63) is 29.9 Å². The minimum Gasteiger partial charge on any atom is -0.380 e. The largest absolute Gasteiger partial charge is 0.380 e. The third-order valence-electron chi connectivity index (χ3n) is 3.39. The molecule has 1 N–H and O–H groups in total. The number of aliphatic hydroxyl groups is 1. The quantitative estimate of drug-likeness (QED) is 0.846. The van der Waals surface area contributed by atoms with E-state index in [-0.39, 0.29) is 11.8 Å². The van der Waals surface area contributed by atoms with Gasteiger partial charge in [-0.3, -0.25) is 4.98 Å². The fourth-order valence-corrected chi connectivity index (χ4v) is 2.01. The van der Waals surface area contributed by atoms with E-state index in [1.54, 1.807) is 25.4 Å². The summed E-state index contributed by atoms with van der Waals surface area (Å²) in [6.45, 7) is 1.71. The Morgan fingerprint density at radius 2 is 2.26 bits per heavy atom. The maximum atomic E-state index is 10.3. The van der Waals surface area contributed by atoms with E-state index in [2.05, 4.69) is 21.0 Å². The molecule has 5 nitrogen and oxygen atoms in total. The Balaban J connectivity index is 1.94. The van der Waals surface area contributed by atoms with E-state index in [1.165, 1.54) is 0 Å². The van der Waals surface area contributed by atoms with Crippen molar-refractivity contribution >= 4 is 0 Å². The summed E-state index contributed by atoms with van der Waals surface area (Å²) in [4.78, 5) is 8.28. The molecule has 0 spiro atoms. The Labute approximate surface area is 110 Å². The van der Waals surface area contributed by atoms with E-state index in [9.17, 15) is 5.11 Å². The molecule has 2 aromatic heterocycles. The van der Waals surface area contributed by atoms with E-state index in [0.29, 0.717) is 17.0 Å². The van der Waals surface area contributed by atoms with Crippen LogP contribution in [0.3, 0.4) is 0 Å². The van der Waals surface area contributed by atoms with Crippen LogP contribution < -0.4 is 0 Å². The Morgan fingerprint density at radius 1 is 1.47 bits per heavy atom. The fraction of sp³-hybridized carbons (Fsp3) is 0.357. The van der Waals surface area contributed by atoms with Gasteiger partial charge in [-0.05, 0) is 31.7 Å². The van der Waals surface area contributed by atoms with E-state index in [0.717, 1.165) is 12.8 Å². The van der Waals surface area contributed by atoms with Gasteiger partial charge in [0, 0.05) is 23.5 Å². The summed E-state index contributed by atoms with van der Waals surface area (Å²) in [6.07, 6.45) is 10.5. The summed E-state index contributed by atoms with van der Waals surface area (Å²) in [5, 5.41) is 14.2. The predicted molar refractivity (Wildman–Crippen MR) is 67.8 cm³/mol. The molecule has 1 saturated carbocycles. The molecule has 96 valence electrons. The smallest absolute Gasteiger partial charge is 0.258 e. The zero-order chi connectivity index (χ0) is 13.5. The first kappa shape index (κ1) is 11.9. The molecular formula is C14H13N3O2. The van der Waals surface area contributed by atoms with E-state index in [4.69, 9.17) is 10.9 Å². The second kappa shape index (κ2) is 4.18. The molecule has 0 aliphatic heterocycles. The minimum atomic E-state index is -1.05. The number of rotatable bonds is 3. The molecule has 3 rings (SSSR count). The van der Waals surface area contributed by atoms with Crippen molar-refractivity contribution in [2.45, 2.75) is 25.4 Å². The highest BCUT2D eigenvalue weighted by molar-refractivity contribution is 5.55. The first-order chi connectivity index (χ1) is 9.11. The number of terminal acetylenes is 1. The molecule has 0 unspecified atom stereocenters. The van der Waals surface area contributed by atoms with Gasteiger partial charge in [0.15, 0.2) is 0 Å². The lowest BCUT2D eigenvalue weighted by atomic mass is 10.0. The molecule has 1 aliphatic carbocycles. The summed E-state index contributed by atoms with van der Waals surface area (Å²) in [7, 11) is 0. The second-order valence-electron chi connectivity index (χ2n) is 4.95. The van der Waals surface area contributed by atoms with Gasteiger partial charge in [0.2, 0.25) is 5.82 Å². The third kappa shape index (κ3) is 2.11. The molecular weight excluding hydrogens is 242 g/mol. The van der Waals surface area contributed by atoms with Gasteiger partial charge in [-0.1, -0.05) is 11.1 Å². The van der Waals surface area contributed by atoms with Crippen LogP contribution in [0.5, 0.6) is 0 Å². The monoisotopic (exact) mass is 255 g/mol. The van der Waals surface area contributed by atoms with Crippen LogP contribution in [0, 0.1) is 18.3 Å². The van der Waals surface area contributed by atoms with Gasteiger partial charge in [0.25, 0.3) is 5.89 Å². The number of hydrogen-bond donors (Lipinski definition) is 1. The summed E-state index contributed by atoms with van der Waals surface area (Å²) in [5.41, 5.74) is 0.275. The fourth-order valence-electron chi connectivity index (χ4n) is 2.01. The number of aromatic nitrogens is 3. The summed E-state index contributed by atoms with van der Waals surface area (Å²) in [5.74, 6) is 3.34. The average molecular weight is 255 g/mol. The highest BCUT2D eigenvalue weighted by Crippen LogP contribution is 2.45. The number of pyridine rings is 1. The first-order valence-corrected chi connectivity index (χ1v) is 6.10. The van der Waals surface area contributed by atoms with Crippen LogP contribution in [-0.2, 0) is 5.60 Å². The molecule has 0 radical (unpaired) electrons. The molecule has 5 heteroatoms. The SMILES string of the molecule is C#Cc1cncc(-c2noc([C@@](C)(O)C3CC3)n2)c1. The standard InChI is InChI=1S/C14H13N3O2/c1-3-9-6-10(8-15-7-9)12-16-13(19-17-12)14(2,18)11-4-5-11/h1,6-8,11,18H,4-5H2,2H3/t14-/m0/s1. The van der Waals surface area contributed by atoms with Gasteiger partial charge < -0.3 is 9.63 Å². The zero-order valence-electron chi connectivity index (χ0n) is 10.5. The van der Waals surface area contributed by atoms with Crippen molar-refractivity contribution in [2.24, 2.45) is 5.92 Å². The van der Waals surface area contributed by atoms with Gasteiger partial charge in [0.1, 0.15) is 5.60 Å². The normalized spacial score (nSPS) is 17.7. The van der Waals surface area contributed by atoms with Crippen LogP contribution >= 0.6 is 0 Å². The van der Waals surface area contributed by atoms with E-state index < -0.39 is 5.60 Å².